The van der Waals surface area contributed by atoms with Crippen LogP contribution in [0.25, 0.3) is 0 Å². The zero-order valence-corrected chi connectivity index (χ0v) is 7.62. The lowest BCUT2D eigenvalue weighted by atomic mass is 9.79. The molecule has 0 atom stereocenters. The van der Waals surface area contributed by atoms with Crippen LogP contribution in [0.3, 0.4) is 0 Å². The van der Waals surface area contributed by atoms with Crippen LogP contribution in [0.4, 0.5) is 0 Å². The molecule has 0 bridgehead atoms. The second kappa shape index (κ2) is 4.21. The number of rotatable bonds is 3. The molecule has 0 unspecified atom stereocenters. The summed E-state index contributed by atoms with van der Waals surface area (Å²) in [6, 6.07) is 0. The van der Waals surface area contributed by atoms with Gasteiger partial charge in [-0.05, 0) is 31.6 Å². The number of hydrogen-bond acceptors (Lipinski definition) is 3. The smallest absolute Gasteiger partial charge is 0.0880 e. The molecule has 1 aliphatic carbocycles. The summed E-state index contributed by atoms with van der Waals surface area (Å²) in [6.45, 7) is 0.675. The van der Waals surface area contributed by atoms with E-state index in [0.29, 0.717) is 12.5 Å². The molecule has 0 heterocycles. The van der Waals surface area contributed by atoms with Crippen molar-refractivity contribution < 1.29 is 14.9 Å². The van der Waals surface area contributed by atoms with E-state index >= 15 is 0 Å². The first-order valence-corrected chi connectivity index (χ1v) is 4.52. The number of ether oxygens (including phenoxy) is 1. The molecular formula is C9H18O3. The summed E-state index contributed by atoms with van der Waals surface area (Å²) in [6.07, 6.45) is 3.34. The molecule has 1 rings (SSSR count). The van der Waals surface area contributed by atoms with Gasteiger partial charge in [-0.2, -0.15) is 0 Å². The van der Waals surface area contributed by atoms with Crippen molar-refractivity contribution in [3.05, 3.63) is 0 Å². The highest BCUT2D eigenvalue weighted by Gasteiger charge is 2.32. The van der Waals surface area contributed by atoms with Gasteiger partial charge in [-0.25, -0.2) is 0 Å². The molecule has 0 saturated heterocycles. The van der Waals surface area contributed by atoms with Crippen LogP contribution < -0.4 is 0 Å². The molecule has 0 radical (unpaired) electrons. The zero-order chi connectivity index (χ0) is 9.03. The maximum absolute atomic E-state index is 9.88. The van der Waals surface area contributed by atoms with Crippen LogP contribution in [-0.2, 0) is 4.74 Å². The van der Waals surface area contributed by atoms with E-state index in [2.05, 4.69) is 0 Å². The van der Waals surface area contributed by atoms with Crippen LogP contribution in [0, 0.1) is 5.92 Å². The van der Waals surface area contributed by atoms with Crippen LogP contribution in [0.15, 0.2) is 0 Å². The van der Waals surface area contributed by atoms with Gasteiger partial charge < -0.3 is 14.9 Å². The standard InChI is InChI=1S/C9H18O3/c1-12-7-9(11)4-2-8(6-10)3-5-9/h8,10-11H,2-7H2,1H3/t8-,9+. The minimum atomic E-state index is -0.625. The summed E-state index contributed by atoms with van der Waals surface area (Å²) in [5.41, 5.74) is -0.625. The Hall–Kier alpha value is -0.120. The van der Waals surface area contributed by atoms with Crippen LogP contribution in [0.1, 0.15) is 25.7 Å². The monoisotopic (exact) mass is 174 g/mol. The van der Waals surface area contributed by atoms with Crippen LogP contribution in [0.2, 0.25) is 0 Å². The van der Waals surface area contributed by atoms with Crippen LogP contribution in [-0.4, -0.2) is 36.1 Å². The summed E-state index contributed by atoms with van der Waals surface area (Å²) < 4.78 is 4.94. The Morgan fingerprint density at radius 1 is 1.42 bits per heavy atom. The van der Waals surface area contributed by atoms with Gasteiger partial charge in [0.1, 0.15) is 0 Å². The topological polar surface area (TPSA) is 49.7 Å². The average Bonchev–Trinajstić information content (AvgIpc) is 2.06. The molecule has 3 heteroatoms. The minimum absolute atomic E-state index is 0.253. The van der Waals surface area contributed by atoms with Gasteiger partial charge in [0, 0.05) is 13.7 Å². The Morgan fingerprint density at radius 2 is 2.00 bits per heavy atom. The lowest BCUT2D eigenvalue weighted by Gasteiger charge is -2.34. The van der Waals surface area contributed by atoms with Crippen molar-refractivity contribution in [1.82, 2.24) is 0 Å². The molecule has 0 aromatic carbocycles. The van der Waals surface area contributed by atoms with Gasteiger partial charge in [0.15, 0.2) is 0 Å². The third-order valence-electron chi connectivity index (χ3n) is 2.71. The normalized spacial score (nSPS) is 36.8. The number of methoxy groups -OCH3 is 1. The predicted octanol–water partition coefficient (Wildman–Crippen LogP) is 0.546. The molecule has 0 aromatic heterocycles. The molecule has 12 heavy (non-hydrogen) atoms. The van der Waals surface area contributed by atoms with Crippen molar-refractivity contribution in [2.45, 2.75) is 31.3 Å². The number of aliphatic hydroxyl groups excluding tert-OH is 1. The molecule has 2 N–H and O–H groups in total. The molecule has 0 aromatic rings. The van der Waals surface area contributed by atoms with E-state index in [0.717, 1.165) is 25.7 Å². The largest absolute Gasteiger partial charge is 0.396 e. The first kappa shape index (κ1) is 9.96. The second-order valence-corrected chi connectivity index (χ2v) is 3.78. The molecule has 0 spiro atoms. The Bertz CT molecular complexity index is 128. The fourth-order valence-corrected chi connectivity index (χ4v) is 1.81. The third kappa shape index (κ3) is 2.44. The van der Waals surface area contributed by atoms with Crippen LogP contribution in [0.5, 0.6) is 0 Å². The molecule has 1 fully saturated rings. The maximum Gasteiger partial charge on any atom is 0.0880 e. The summed E-state index contributed by atoms with van der Waals surface area (Å²) in [5.74, 6) is 0.391. The van der Waals surface area contributed by atoms with Gasteiger partial charge >= 0.3 is 0 Å². The van der Waals surface area contributed by atoms with Crippen molar-refractivity contribution in [3.8, 4) is 0 Å². The Kier molecular flexibility index (Phi) is 3.50. The highest BCUT2D eigenvalue weighted by molar-refractivity contribution is 4.84. The molecule has 72 valence electrons. The Morgan fingerprint density at radius 3 is 2.42 bits per heavy atom. The fourth-order valence-electron chi connectivity index (χ4n) is 1.81. The lowest BCUT2D eigenvalue weighted by Crippen LogP contribution is -2.38. The molecule has 3 nitrogen and oxygen atoms in total. The quantitative estimate of drug-likeness (QED) is 0.656. The summed E-state index contributed by atoms with van der Waals surface area (Å²) in [4.78, 5) is 0. The maximum atomic E-state index is 9.88. The highest BCUT2D eigenvalue weighted by Crippen LogP contribution is 2.31. The van der Waals surface area contributed by atoms with E-state index in [1.54, 1.807) is 7.11 Å². The van der Waals surface area contributed by atoms with E-state index < -0.39 is 5.60 Å². The molecule has 1 saturated carbocycles. The van der Waals surface area contributed by atoms with Crippen molar-refractivity contribution in [3.63, 3.8) is 0 Å². The van der Waals surface area contributed by atoms with Gasteiger partial charge in [-0.3, -0.25) is 0 Å². The molecule has 0 aliphatic heterocycles. The second-order valence-electron chi connectivity index (χ2n) is 3.78. The SMILES string of the molecule is COC[C@]1(O)CC[C@@H](CO)CC1. The first-order valence-electron chi connectivity index (χ1n) is 4.52. The van der Waals surface area contributed by atoms with E-state index in [4.69, 9.17) is 9.84 Å². The van der Waals surface area contributed by atoms with Crippen molar-refractivity contribution in [1.29, 1.82) is 0 Å². The van der Waals surface area contributed by atoms with Gasteiger partial charge in [0.2, 0.25) is 0 Å². The molecule has 1 aliphatic rings. The summed E-state index contributed by atoms with van der Waals surface area (Å²) >= 11 is 0. The van der Waals surface area contributed by atoms with Crippen molar-refractivity contribution >= 4 is 0 Å². The zero-order valence-electron chi connectivity index (χ0n) is 7.62. The van der Waals surface area contributed by atoms with E-state index in [1.807, 2.05) is 0 Å². The summed E-state index contributed by atoms with van der Waals surface area (Å²) in [7, 11) is 1.61. The third-order valence-corrected chi connectivity index (χ3v) is 2.71. The number of hydrogen-bond donors (Lipinski definition) is 2. The predicted molar refractivity (Wildman–Crippen MR) is 45.9 cm³/mol. The fraction of sp³-hybridized carbons (Fsp3) is 1.00. The van der Waals surface area contributed by atoms with Gasteiger partial charge in [0.25, 0.3) is 0 Å². The van der Waals surface area contributed by atoms with Gasteiger partial charge in [-0.15, -0.1) is 0 Å². The van der Waals surface area contributed by atoms with Crippen molar-refractivity contribution in [2.24, 2.45) is 5.92 Å². The van der Waals surface area contributed by atoms with Gasteiger partial charge in [-0.1, -0.05) is 0 Å². The van der Waals surface area contributed by atoms with E-state index in [9.17, 15) is 5.11 Å². The molecular weight excluding hydrogens is 156 g/mol. The van der Waals surface area contributed by atoms with E-state index in [1.165, 1.54) is 0 Å². The Labute approximate surface area is 73.4 Å². The van der Waals surface area contributed by atoms with Gasteiger partial charge in [0.05, 0.1) is 12.2 Å². The lowest BCUT2D eigenvalue weighted by molar-refractivity contribution is -0.0677. The highest BCUT2D eigenvalue weighted by atomic mass is 16.5. The molecule has 0 amide bonds. The average molecular weight is 174 g/mol. The van der Waals surface area contributed by atoms with E-state index in [-0.39, 0.29) is 6.61 Å². The van der Waals surface area contributed by atoms with Crippen LogP contribution >= 0.6 is 0 Å². The number of aliphatic hydroxyl groups is 2. The Balaban J connectivity index is 2.33. The summed E-state index contributed by atoms with van der Waals surface area (Å²) in [5, 5.41) is 18.8. The first-order chi connectivity index (χ1) is 5.70. The minimum Gasteiger partial charge on any atom is -0.396 e. The van der Waals surface area contributed by atoms with Crippen molar-refractivity contribution in [2.75, 3.05) is 20.3 Å².